The lowest BCUT2D eigenvalue weighted by atomic mass is 9.78. The summed E-state index contributed by atoms with van der Waals surface area (Å²) in [6, 6.07) is 2.24. The van der Waals surface area contributed by atoms with Crippen LogP contribution in [0.5, 0.6) is 0 Å². The Labute approximate surface area is 147 Å². The predicted molar refractivity (Wildman–Crippen MR) is 93.0 cm³/mol. The van der Waals surface area contributed by atoms with E-state index in [2.05, 4.69) is 25.4 Å². The molecule has 1 fully saturated rings. The average Bonchev–Trinajstić information content (AvgIpc) is 2.99. The molecule has 8 nitrogen and oxygen atoms in total. The highest BCUT2D eigenvalue weighted by molar-refractivity contribution is 5.38. The van der Waals surface area contributed by atoms with Crippen molar-refractivity contribution in [3.8, 4) is 0 Å². The van der Waals surface area contributed by atoms with E-state index in [1.165, 1.54) is 0 Å². The van der Waals surface area contributed by atoms with E-state index in [-0.39, 0.29) is 11.5 Å². The van der Waals surface area contributed by atoms with E-state index in [1.54, 1.807) is 7.11 Å². The second-order valence-electron chi connectivity index (χ2n) is 7.57. The minimum atomic E-state index is -0.140. The molecule has 0 aliphatic heterocycles. The predicted octanol–water partition coefficient (Wildman–Crippen LogP) is 2.12. The molecule has 0 atom stereocenters. The first kappa shape index (κ1) is 17.8. The maximum atomic E-state index is 5.90. The van der Waals surface area contributed by atoms with Gasteiger partial charge in [0, 0.05) is 36.2 Å². The summed E-state index contributed by atoms with van der Waals surface area (Å²) in [4.78, 5) is 13.5. The Morgan fingerprint density at radius 3 is 2.64 bits per heavy atom. The molecule has 1 aliphatic carbocycles. The number of methoxy groups -OCH3 is 1. The monoisotopic (exact) mass is 346 g/mol. The van der Waals surface area contributed by atoms with Gasteiger partial charge in [0.2, 0.25) is 5.89 Å². The van der Waals surface area contributed by atoms with Gasteiger partial charge in [-0.25, -0.2) is 9.97 Å². The second-order valence-corrected chi connectivity index (χ2v) is 7.57. The summed E-state index contributed by atoms with van der Waals surface area (Å²) < 4.78 is 10.5. The first-order valence-corrected chi connectivity index (χ1v) is 8.54. The van der Waals surface area contributed by atoms with Gasteiger partial charge in [0.1, 0.15) is 12.4 Å². The number of ether oxygens (including phenoxy) is 1. The van der Waals surface area contributed by atoms with Crippen molar-refractivity contribution in [2.24, 2.45) is 5.73 Å². The van der Waals surface area contributed by atoms with Crippen molar-refractivity contribution >= 4 is 5.82 Å². The number of hydrogen-bond acceptors (Lipinski definition) is 8. The third kappa shape index (κ3) is 4.32. The Bertz CT molecular complexity index is 718. The normalized spacial score (nSPS) is 20.4. The molecule has 0 radical (unpaired) electrons. The summed E-state index contributed by atoms with van der Waals surface area (Å²) in [5.74, 6) is 3.00. The molecule has 136 valence electrons. The fourth-order valence-corrected chi connectivity index (χ4v) is 2.71. The van der Waals surface area contributed by atoms with Crippen molar-refractivity contribution in [1.29, 1.82) is 0 Å². The SMILES string of the molecule is COCc1nc(NCc2nc(C(C)(C)C)no2)cc(C2CC(N)C2)n1. The van der Waals surface area contributed by atoms with Gasteiger partial charge >= 0.3 is 0 Å². The van der Waals surface area contributed by atoms with Crippen LogP contribution in [0, 0.1) is 0 Å². The van der Waals surface area contributed by atoms with Crippen molar-refractivity contribution in [2.75, 3.05) is 12.4 Å². The Balaban J connectivity index is 1.71. The van der Waals surface area contributed by atoms with E-state index in [0.717, 1.165) is 24.4 Å². The summed E-state index contributed by atoms with van der Waals surface area (Å²) in [5.41, 5.74) is 6.77. The number of nitrogens with zero attached hydrogens (tertiary/aromatic N) is 4. The smallest absolute Gasteiger partial charge is 0.246 e. The fourth-order valence-electron chi connectivity index (χ4n) is 2.71. The zero-order chi connectivity index (χ0) is 18.0. The standard InChI is InChI=1S/C17H26N6O2/c1-17(2,3)16-22-15(25-23-16)8-19-13-7-12(10-5-11(18)6-10)20-14(21-13)9-24-4/h7,10-11H,5-6,8-9,18H2,1-4H3,(H,19,20,21). The molecule has 0 spiro atoms. The van der Waals surface area contributed by atoms with Crippen molar-refractivity contribution in [2.45, 2.75) is 64.1 Å². The minimum absolute atomic E-state index is 0.140. The van der Waals surface area contributed by atoms with Crippen LogP contribution in [0.4, 0.5) is 5.82 Å². The number of nitrogens with two attached hydrogens (primary N) is 1. The van der Waals surface area contributed by atoms with Crippen LogP contribution in [0.3, 0.4) is 0 Å². The van der Waals surface area contributed by atoms with Gasteiger partial charge in [-0.15, -0.1) is 0 Å². The molecule has 2 heterocycles. The number of anilines is 1. The van der Waals surface area contributed by atoms with E-state index in [4.69, 9.17) is 15.0 Å². The number of nitrogens with one attached hydrogen (secondary N) is 1. The largest absolute Gasteiger partial charge is 0.377 e. The number of rotatable bonds is 6. The van der Waals surface area contributed by atoms with Gasteiger partial charge in [-0.3, -0.25) is 0 Å². The molecule has 0 unspecified atom stereocenters. The van der Waals surface area contributed by atoms with Crippen LogP contribution in [0.2, 0.25) is 0 Å². The van der Waals surface area contributed by atoms with Crippen molar-refractivity contribution in [3.05, 3.63) is 29.3 Å². The van der Waals surface area contributed by atoms with E-state index in [0.29, 0.717) is 36.6 Å². The fraction of sp³-hybridized carbons (Fsp3) is 0.647. The average molecular weight is 346 g/mol. The molecule has 25 heavy (non-hydrogen) atoms. The van der Waals surface area contributed by atoms with Gasteiger partial charge in [0.05, 0.1) is 6.54 Å². The van der Waals surface area contributed by atoms with E-state index >= 15 is 0 Å². The van der Waals surface area contributed by atoms with Crippen LogP contribution in [-0.4, -0.2) is 33.3 Å². The molecule has 3 rings (SSSR count). The molecule has 1 aliphatic rings. The zero-order valence-corrected chi connectivity index (χ0v) is 15.2. The Kier molecular flexibility index (Phi) is 5.01. The van der Waals surface area contributed by atoms with E-state index in [9.17, 15) is 0 Å². The van der Waals surface area contributed by atoms with Gasteiger partial charge in [-0.2, -0.15) is 4.98 Å². The maximum absolute atomic E-state index is 5.90. The molecule has 0 bridgehead atoms. The van der Waals surface area contributed by atoms with Crippen LogP contribution in [0.25, 0.3) is 0 Å². The first-order chi connectivity index (χ1) is 11.8. The van der Waals surface area contributed by atoms with Gasteiger partial charge < -0.3 is 20.3 Å². The van der Waals surface area contributed by atoms with Crippen LogP contribution in [-0.2, 0) is 23.3 Å². The lowest BCUT2D eigenvalue weighted by molar-refractivity contribution is 0.177. The highest BCUT2D eigenvalue weighted by Crippen LogP contribution is 2.35. The Morgan fingerprint density at radius 1 is 1.28 bits per heavy atom. The first-order valence-electron chi connectivity index (χ1n) is 8.54. The summed E-state index contributed by atoms with van der Waals surface area (Å²) in [6.45, 7) is 6.93. The molecular weight excluding hydrogens is 320 g/mol. The number of aromatic nitrogens is 4. The van der Waals surface area contributed by atoms with Crippen LogP contribution < -0.4 is 11.1 Å². The molecular formula is C17H26N6O2. The topological polar surface area (TPSA) is 112 Å². The quantitative estimate of drug-likeness (QED) is 0.818. The van der Waals surface area contributed by atoms with Gasteiger partial charge in [-0.1, -0.05) is 25.9 Å². The van der Waals surface area contributed by atoms with Crippen molar-refractivity contribution < 1.29 is 9.26 Å². The molecule has 0 saturated heterocycles. The van der Waals surface area contributed by atoms with Crippen LogP contribution >= 0.6 is 0 Å². The second kappa shape index (κ2) is 7.05. The van der Waals surface area contributed by atoms with Crippen molar-refractivity contribution in [3.63, 3.8) is 0 Å². The van der Waals surface area contributed by atoms with Crippen LogP contribution in [0.1, 0.15) is 62.8 Å². The Hall–Kier alpha value is -2.06. The lowest BCUT2D eigenvalue weighted by Gasteiger charge is -2.32. The maximum Gasteiger partial charge on any atom is 0.246 e. The Morgan fingerprint density at radius 2 is 2.04 bits per heavy atom. The third-order valence-corrected chi connectivity index (χ3v) is 4.22. The molecule has 1 saturated carbocycles. The lowest BCUT2D eigenvalue weighted by Crippen LogP contribution is -2.35. The van der Waals surface area contributed by atoms with E-state index in [1.807, 2.05) is 26.8 Å². The summed E-state index contributed by atoms with van der Waals surface area (Å²) in [7, 11) is 1.63. The highest BCUT2D eigenvalue weighted by Gasteiger charge is 2.29. The van der Waals surface area contributed by atoms with Gasteiger partial charge in [0.25, 0.3) is 0 Å². The third-order valence-electron chi connectivity index (χ3n) is 4.22. The molecule has 8 heteroatoms. The minimum Gasteiger partial charge on any atom is -0.377 e. The van der Waals surface area contributed by atoms with Crippen LogP contribution in [0.15, 0.2) is 10.6 Å². The molecule has 0 aromatic carbocycles. The number of hydrogen-bond donors (Lipinski definition) is 2. The molecule has 0 amide bonds. The summed E-state index contributed by atoms with van der Waals surface area (Å²) in [6.07, 6.45) is 1.92. The van der Waals surface area contributed by atoms with Gasteiger partial charge in [0.15, 0.2) is 11.6 Å². The molecule has 2 aromatic heterocycles. The van der Waals surface area contributed by atoms with E-state index < -0.39 is 0 Å². The van der Waals surface area contributed by atoms with Crippen molar-refractivity contribution in [1.82, 2.24) is 20.1 Å². The molecule has 3 N–H and O–H groups in total. The molecule has 2 aromatic rings. The van der Waals surface area contributed by atoms with Gasteiger partial charge in [-0.05, 0) is 12.8 Å². The highest BCUT2D eigenvalue weighted by atomic mass is 16.5. The summed E-state index contributed by atoms with van der Waals surface area (Å²) in [5, 5.41) is 7.28. The summed E-state index contributed by atoms with van der Waals surface area (Å²) >= 11 is 0. The zero-order valence-electron chi connectivity index (χ0n) is 15.2.